The van der Waals surface area contributed by atoms with Gasteiger partial charge in [0.25, 0.3) is 0 Å². The summed E-state index contributed by atoms with van der Waals surface area (Å²) < 4.78 is 22.7. The molecule has 9 nitrogen and oxygen atoms in total. The highest BCUT2D eigenvalue weighted by atomic mass is 16.6. The van der Waals surface area contributed by atoms with Gasteiger partial charge < -0.3 is 29.6 Å². The van der Waals surface area contributed by atoms with Gasteiger partial charge >= 0.3 is 12.0 Å². The Morgan fingerprint density at radius 1 is 1.05 bits per heavy atom. The first-order valence-electron chi connectivity index (χ1n) is 13.0. The van der Waals surface area contributed by atoms with E-state index in [2.05, 4.69) is 16.7 Å². The number of aryl methyl sites for hydroxylation is 1. The van der Waals surface area contributed by atoms with E-state index in [0.29, 0.717) is 65.5 Å². The molecule has 0 bridgehead atoms. The molecule has 2 amide bonds. The first-order valence-corrected chi connectivity index (χ1v) is 13.0. The second kappa shape index (κ2) is 11.8. The predicted molar refractivity (Wildman–Crippen MR) is 146 cm³/mol. The van der Waals surface area contributed by atoms with Crippen molar-refractivity contribution in [3.63, 3.8) is 0 Å². The molecule has 2 aliphatic heterocycles. The number of hydrogen-bond acceptors (Lipinski definition) is 7. The van der Waals surface area contributed by atoms with Crippen LogP contribution in [0.25, 0.3) is 0 Å². The summed E-state index contributed by atoms with van der Waals surface area (Å²) in [5.41, 5.74) is 3.57. The maximum Gasteiger partial charge on any atom is 0.338 e. The molecule has 204 valence electrons. The Morgan fingerprint density at radius 3 is 2.65 bits per heavy atom. The molecular weight excluding hydrogens is 510 g/mol. The zero-order chi connectivity index (χ0) is 28.1. The van der Waals surface area contributed by atoms with Crippen molar-refractivity contribution in [3.05, 3.63) is 100 Å². The monoisotopic (exact) mass is 539 g/mol. The summed E-state index contributed by atoms with van der Waals surface area (Å²) in [7, 11) is 1.61. The molecule has 9 heteroatoms. The van der Waals surface area contributed by atoms with E-state index < -0.39 is 24.1 Å². The fourth-order valence-electron chi connectivity index (χ4n) is 4.80. The first kappa shape index (κ1) is 26.6. The van der Waals surface area contributed by atoms with Gasteiger partial charge in [-0.3, -0.25) is 0 Å². The van der Waals surface area contributed by atoms with E-state index in [4.69, 9.17) is 18.9 Å². The zero-order valence-corrected chi connectivity index (χ0v) is 22.2. The summed E-state index contributed by atoms with van der Waals surface area (Å²) in [6.07, 6.45) is 0.299. The number of carbonyl (C=O) groups is 2. The van der Waals surface area contributed by atoms with E-state index in [1.807, 2.05) is 24.3 Å². The summed E-state index contributed by atoms with van der Waals surface area (Å²) in [4.78, 5) is 26.7. The van der Waals surface area contributed by atoms with Crippen molar-refractivity contribution in [3.8, 4) is 23.3 Å². The van der Waals surface area contributed by atoms with Crippen LogP contribution in [-0.2, 0) is 16.0 Å². The number of rotatable bonds is 8. The number of hydrogen-bond donors (Lipinski definition) is 2. The van der Waals surface area contributed by atoms with Gasteiger partial charge in [-0.2, -0.15) is 5.26 Å². The smallest absolute Gasteiger partial charge is 0.338 e. The molecule has 0 aliphatic carbocycles. The van der Waals surface area contributed by atoms with Gasteiger partial charge in [0.15, 0.2) is 11.5 Å². The molecule has 0 radical (unpaired) electrons. The molecule has 0 saturated heterocycles. The van der Waals surface area contributed by atoms with Crippen molar-refractivity contribution in [1.82, 2.24) is 10.6 Å². The lowest BCUT2D eigenvalue weighted by atomic mass is 9.92. The van der Waals surface area contributed by atoms with Crippen molar-refractivity contribution < 1.29 is 28.5 Å². The van der Waals surface area contributed by atoms with Gasteiger partial charge in [-0.05, 0) is 72.9 Å². The Labute approximate surface area is 232 Å². The normalized spacial score (nSPS) is 16.7. The summed E-state index contributed by atoms with van der Waals surface area (Å²) in [5, 5.41) is 15.0. The Balaban J connectivity index is 1.50. The Morgan fingerprint density at radius 2 is 1.85 bits per heavy atom. The lowest BCUT2D eigenvalue weighted by molar-refractivity contribution is -0.144. The van der Waals surface area contributed by atoms with Crippen LogP contribution in [0, 0.1) is 11.3 Å². The van der Waals surface area contributed by atoms with Crippen LogP contribution >= 0.6 is 0 Å². The number of nitrogens with one attached hydrogen (secondary N) is 2. The number of nitrogens with zero attached hydrogens (tertiary/aromatic N) is 1. The first-order chi connectivity index (χ1) is 19.4. The summed E-state index contributed by atoms with van der Waals surface area (Å²) in [5.74, 6) is 1.29. The van der Waals surface area contributed by atoms with E-state index in [-0.39, 0.29) is 0 Å². The molecule has 2 N–H and O–H groups in total. The molecular formula is C31H29N3O6. The molecule has 2 unspecified atom stereocenters. The molecule has 0 fully saturated rings. The molecule has 0 aromatic heterocycles. The molecule has 40 heavy (non-hydrogen) atoms. The molecule has 2 aliphatic rings. The number of methoxy groups -OCH3 is 1. The van der Waals surface area contributed by atoms with E-state index in [1.165, 1.54) is 0 Å². The van der Waals surface area contributed by atoms with Gasteiger partial charge in [0, 0.05) is 5.70 Å². The van der Waals surface area contributed by atoms with Crippen LogP contribution in [0.2, 0.25) is 0 Å². The minimum absolute atomic E-state index is 0.294. The van der Waals surface area contributed by atoms with E-state index >= 15 is 0 Å². The standard InChI is InChI=1S/C31H29N3O6/c1-19(22-7-3-6-21(15-22)18-32)40-30(35)28-25(11-9-20-5-4-8-24(16-20)37-2)33-31(36)34-29(28)23-10-12-26-27(17-23)39-14-13-38-26/h3-8,10,12,15-17,19,29H,9,11,13-14H2,1-2H3,(H2,33,34,36). The minimum atomic E-state index is -0.782. The maximum absolute atomic E-state index is 13.8. The second-order valence-corrected chi connectivity index (χ2v) is 9.46. The number of nitriles is 1. The van der Waals surface area contributed by atoms with Crippen LogP contribution in [0.15, 0.2) is 78.0 Å². The minimum Gasteiger partial charge on any atom is -0.497 e. The number of benzene rings is 3. The molecule has 5 rings (SSSR count). The highest BCUT2D eigenvalue weighted by molar-refractivity contribution is 5.95. The number of ether oxygens (including phenoxy) is 4. The topological polar surface area (TPSA) is 119 Å². The van der Waals surface area contributed by atoms with Gasteiger partial charge in [-0.15, -0.1) is 0 Å². The third-order valence-corrected chi connectivity index (χ3v) is 6.84. The lowest BCUT2D eigenvalue weighted by Crippen LogP contribution is -2.46. The van der Waals surface area contributed by atoms with Gasteiger partial charge in [0.2, 0.25) is 0 Å². The van der Waals surface area contributed by atoms with Crippen molar-refractivity contribution in [1.29, 1.82) is 5.26 Å². The molecule has 0 saturated carbocycles. The van der Waals surface area contributed by atoms with E-state index in [0.717, 1.165) is 11.3 Å². The zero-order valence-electron chi connectivity index (χ0n) is 22.2. The summed E-state index contributed by atoms with van der Waals surface area (Å²) >= 11 is 0. The fourth-order valence-corrected chi connectivity index (χ4v) is 4.80. The number of carbonyl (C=O) groups excluding carboxylic acids is 2. The molecule has 3 aromatic rings. The van der Waals surface area contributed by atoms with Crippen molar-refractivity contribution in [2.24, 2.45) is 0 Å². The van der Waals surface area contributed by atoms with Gasteiger partial charge in [-0.25, -0.2) is 9.59 Å². The van der Waals surface area contributed by atoms with Crippen LogP contribution in [0.5, 0.6) is 17.2 Å². The maximum atomic E-state index is 13.8. The Bertz CT molecular complexity index is 1510. The molecule has 2 heterocycles. The SMILES string of the molecule is COc1cccc(CCC2=C(C(=O)OC(C)c3cccc(C#N)c3)C(c3ccc4c(c3)OCCO4)NC(=O)N2)c1. The third kappa shape index (κ3) is 5.86. The predicted octanol–water partition coefficient (Wildman–Crippen LogP) is 4.88. The molecule has 3 aromatic carbocycles. The molecule has 0 spiro atoms. The summed E-state index contributed by atoms with van der Waals surface area (Å²) in [6, 6.07) is 20.8. The lowest BCUT2D eigenvalue weighted by Gasteiger charge is -2.31. The number of amides is 2. The summed E-state index contributed by atoms with van der Waals surface area (Å²) in [6.45, 7) is 2.61. The van der Waals surface area contributed by atoms with Gasteiger partial charge in [0.1, 0.15) is 25.1 Å². The Hall–Kier alpha value is -4.97. The van der Waals surface area contributed by atoms with Crippen molar-refractivity contribution >= 4 is 12.0 Å². The van der Waals surface area contributed by atoms with Crippen LogP contribution in [0.1, 0.15) is 47.7 Å². The highest BCUT2D eigenvalue weighted by Gasteiger charge is 2.35. The fraction of sp³-hybridized carbons (Fsp3) is 0.258. The Kier molecular flexibility index (Phi) is 7.87. The largest absolute Gasteiger partial charge is 0.497 e. The van der Waals surface area contributed by atoms with Crippen molar-refractivity contribution in [2.75, 3.05) is 20.3 Å². The van der Waals surface area contributed by atoms with Gasteiger partial charge in [-0.1, -0.05) is 30.3 Å². The van der Waals surface area contributed by atoms with Crippen LogP contribution in [0.4, 0.5) is 4.79 Å². The van der Waals surface area contributed by atoms with Gasteiger partial charge in [0.05, 0.1) is 30.4 Å². The average Bonchev–Trinajstić information content (AvgIpc) is 2.99. The quantitative estimate of drug-likeness (QED) is 0.392. The number of allylic oxidation sites excluding steroid dienone is 1. The van der Waals surface area contributed by atoms with Crippen LogP contribution < -0.4 is 24.8 Å². The highest BCUT2D eigenvalue weighted by Crippen LogP contribution is 2.37. The van der Waals surface area contributed by atoms with E-state index in [9.17, 15) is 14.9 Å². The van der Waals surface area contributed by atoms with Crippen LogP contribution in [0.3, 0.4) is 0 Å². The second-order valence-electron chi connectivity index (χ2n) is 9.46. The van der Waals surface area contributed by atoms with Crippen molar-refractivity contribution in [2.45, 2.75) is 31.9 Å². The number of urea groups is 1. The number of fused-ring (bicyclic) bond motifs is 1. The van der Waals surface area contributed by atoms with E-state index in [1.54, 1.807) is 56.5 Å². The average molecular weight is 540 g/mol. The number of esters is 1. The van der Waals surface area contributed by atoms with Crippen LogP contribution in [-0.4, -0.2) is 32.3 Å². The third-order valence-electron chi connectivity index (χ3n) is 6.84. The molecule has 2 atom stereocenters.